The highest BCUT2D eigenvalue weighted by atomic mass is 32.2. The lowest BCUT2D eigenvalue weighted by Crippen LogP contribution is -1.94. The van der Waals surface area contributed by atoms with Crippen LogP contribution in [0, 0.1) is 0 Å². The van der Waals surface area contributed by atoms with Crippen LogP contribution in [0.2, 0.25) is 0 Å². The van der Waals surface area contributed by atoms with Crippen LogP contribution < -0.4 is 5.32 Å². The summed E-state index contributed by atoms with van der Waals surface area (Å²) in [6.07, 6.45) is 0. The van der Waals surface area contributed by atoms with E-state index in [1.807, 2.05) is 6.07 Å². The van der Waals surface area contributed by atoms with Crippen molar-refractivity contribution in [3.05, 3.63) is 35.3 Å². The van der Waals surface area contributed by atoms with Crippen molar-refractivity contribution in [3.63, 3.8) is 0 Å². The van der Waals surface area contributed by atoms with E-state index in [9.17, 15) is 0 Å². The van der Waals surface area contributed by atoms with Crippen LogP contribution in [0.25, 0.3) is 10.9 Å². The normalized spacial score (nSPS) is 11.0. The molecule has 6 heteroatoms. The molecule has 2 heterocycles. The smallest absolute Gasteiger partial charge is 0.205 e. The zero-order chi connectivity index (χ0) is 13.1. The third-order valence-electron chi connectivity index (χ3n) is 2.65. The van der Waals surface area contributed by atoms with Gasteiger partial charge >= 0.3 is 0 Å². The van der Waals surface area contributed by atoms with E-state index < -0.39 is 0 Å². The Morgan fingerprint density at radius 2 is 2.21 bits per heavy atom. The van der Waals surface area contributed by atoms with Gasteiger partial charge in [-0.05, 0) is 19.1 Å². The van der Waals surface area contributed by atoms with Crippen molar-refractivity contribution in [1.29, 1.82) is 0 Å². The van der Waals surface area contributed by atoms with E-state index in [0.717, 1.165) is 22.4 Å². The van der Waals surface area contributed by atoms with Crippen LogP contribution >= 0.6 is 23.1 Å². The molecule has 0 spiro atoms. The number of nitrogens with zero attached hydrogens (tertiary/aromatic N) is 2. The molecule has 19 heavy (non-hydrogen) atoms. The number of aromatic nitrogens is 3. The van der Waals surface area contributed by atoms with Gasteiger partial charge in [-0.2, -0.15) is 0 Å². The molecule has 0 fully saturated rings. The van der Waals surface area contributed by atoms with E-state index in [2.05, 4.69) is 51.7 Å². The number of fused-ring (bicyclic) bond motifs is 1. The Balaban J connectivity index is 1.67. The second-order valence-corrected chi connectivity index (χ2v) is 6.12. The largest absolute Gasteiger partial charge is 0.360 e. The Kier molecular flexibility index (Phi) is 3.70. The van der Waals surface area contributed by atoms with E-state index >= 15 is 0 Å². The molecular weight excluding hydrogens is 276 g/mol. The highest BCUT2D eigenvalue weighted by molar-refractivity contribution is 7.98. The Morgan fingerprint density at radius 3 is 3.05 bits per heavy atom. The van der Waals surface area contributed by atoms with Crippen LogP contribution in [0.1, 0.15) is 11.9 Å². The number of para-hydroxylation sites is 1. The van der Waals surface area contributed by atoms with Crippen LogP contribution in [-0.2, 0) is 5.75 Å². The molecule has 0 saturated heterocycles. The summed E-state index contributed by atoms with van der Waals surface area (Å²) in [6.45, 7) is 2.93. The van der Waals surface area contributed by atoms with Gasteiger partial charge in [0.25, 0.3) is 0 Å². The van der Waals surface area contributed by atoms with E-state index in [1.54, 1.807) is 23.1 Å². The lowest BCUT2D eigenvalue weighted by molar-refractivity contribution is 1.03. The monoisotopic (exact) mass is 290 g/mol. The molecule has 0 bridgehead atoms. The molecule has 0 atom stereocenters. The molecule has 0 amide bonds. The summed E-state index contributed by atoms with van der Waals surface area (Å²) < 4.78 is 0. The third kappa shape index (κ3) is 2.90. The van der Waals surface area contributed by atoms with Gasteiger partial charge in [-0.25, -0.2) is 0 Å². The molecule has 1 aromatic carbocycles. The molecule has 0 aliphatic heterocycles. The molecule has 3 aromatic rings. The summed E-state index contributed by atoms with van der Waals surface area (Å²) in [4.78, 5) is 3.40. The first-order valence-electron chi connectivity index (χ1n) is 6.12. The average Bonchev–Trinajstić information content (AvgIpc) is 3.02. The van der Waals surface area contributed by atoms with E-state index in [1.165, 1.54) is 15.9 Å². The molecule has 2 aromatic heterocycles. The fourth-order valence-corrected chi connectivity index (χ4v) is 3.54. The SMILES string of the molecule is CCNc1nnc(CSc2cc3ccccc3[nH]2)s1. The Morgan fingerprint density at radius 1 is 1.32 bits per heavy atom. The summed E-state index contributed by atoms with van der Waals surface area (Å²) >= 11 is 3.37. The first kappa shape index (κ1) is 12.5. The molecule has 4 nitrogen and oxygen atoms in total. The van der Waals surface area contributed by atoms with Crippen LogP contribution in [0.5, 0.6) is 0 Å². The fraction of sp³-hybridized carbons (Fsp3) is 0.231. The minimum absolute atomic E-state index is 0.843. The molecule has 98 valence electrons. The number of thioether (sulfide) groups is 1. The van der Waals surface area contributed by atoms with Crippen LogP contribution in [0.4, 0.5) is 5.13 Å². The van der Waals surface area contributed by atoms with E-state index in [0.29, 0.717) is 0 Å². The zero-order valence-corrected chi connectivity index (χ0v) is 12.1. The van der Waals surface area contributed by atoms with Gasteiger partial charge in [-0.3, -0.25) is 0 Å². The Bertz CT molecular complexity index is 641. The number of nitrogens with one attached hydrogen (secondary N) is 2. The first-order chi connectivity index (χ1) is 9.35. The molecule has 3 rings (SSSR count). The summed E-state index contributed by atoms with van der Waals surface area (Å²) in [6, 6.07) is 10.5. The first-order valence-corrected chi connectivity index (χ1v) is 7.92. The maximum absolute atomic E-state index is 4.18. The van der Waals surface area contributed by atoms with Crippen LogP contribution in [0.15, 0.2) is 35.4 Å². The number of hydrogen-bond donors (Lipinski definition) is 2. The molecule has 2 N–H and O–H groups in total. The molecule has 0 saturated carbocycles. The van der Waals surface area contributed by atoms with Gasteiger partial charge in [0, 0.05) is 17.4 Å². The van der Waals surface area contributed by atoms with Gasteiger partial charge in [-0.1, -0.05) is 29.5 Å². The molecule has 0 aliphatic carbocycles. The standard InChI is InChI=1S/C13H14N4S2/c1-2-14-13-17-16-12(19-13)8-18-11-7-9-5-3-4-6-10(9)15-11/h3-7,15H,2,8H2,1H3,(H,14,17). The van der Waals surface area contributed by atoms with Gasteiger partial charge in [0.1, 0.15) is 5.01 Å². The molecule has 0 radical (unpaired) electrons. The second kappa shape index (κ2) is 5.63. The number of anilines is 1. The van der Waals surface area contributed by atoms with Gasteiger partial charge < -0.3 is 10.3 Å². The quantitative estimate of drug-likeness (QED) is 0.703. The topological polar surface area (TPSA) is 53.6 Å². The fourth-order valence-electron chi connectivity index (χ4n) is 1.80. The average molecular weight is 290 g/mol. The van der Waals surface area contributed by atoms with Crippen molar-refractivity contribution >= 4 is 39.1 Å². The molecular formula is C13H14N4S2. The van der Waals surface area contributed by atoms with Crippen molar-refractivity contribution in [2.75, 3.05) is 11.9 Å². The Hall–Kier alpha value is -1.53. The van der Waals surface area contributed by atoms with E-state index in [4.69, 9.17) is 0 Å². The van der Waals surface area contributed by atoms with Gasteiger partial charge in [0.15, 0.2) is 0 Å². The van der Waals surface area contributed by atoms with Gasteiger partial charge in [-0.15, -0.1) is 22.0 Å². The maximum atomic E-state index is 4.18. The highest BCUT2D eigenvalue weighted by Gasteiger charge is 2.05. The number of rotatable bonds is 5. The number of aromatic amines is 1. The van der Waals surface area contributed by atoms with Crippen molar-refractivity contribution in [2.45, 2.75) is 17.7 Å². The zero-order valence-electron chi connectivity index (χ0n) is 10.5. The van der Waals surface area contributed by atoms with Crippen molar-refractivity contribution in [3.8, 4) is 0 Å². The lowest BCUT2D eigenvalue weighted by Gasteiger charge is -1.94. The highest BCUT2D eigenvalue weighted by Crippen LogP contribution is 2.27. The third-order valence-corrected chi connectivity index (χ3v) is 4.66. The summed E-state index contributed by atoms with van der Waals surface area (Å²) in [5, 5.41) is 15.8. The second-order valence-electron chi connectivity index (χ2n) is 4.04. The summed E-state index contributed by atoms with van der Waals surface area (Å²) in [7, 11) is 0. The number of hydrogen-bond acceptors (Lipinski definition) is 5. The van der Waals surface area contributed by atoms with Crippen molar-refractivity contribution in [2.24, 2.45) is 0 Å². The van der Waals surface area contributed by atoms with Crippen LogP contribution in [-0.4, -0.2) is 21.7 Å². The predicted octanol–water partition coefficient (Wildman–Crippen LogP) is 3.74. The number of H-pyrrole nitrogens is 1. The van der Waals surface area contributed by atoms with Gasteiger partial charge in [0.05, 0.1) is 10.8 Å². The molecule has 0 aliphatic rings. The maximum Gasteiger partial charge on any atom is 0.205 e. The number of benzene rings is 1. The molecule has 0 unspecified atom stereocenters. The lowest BCUT2D eigenvalue weighted by atomic mass is 10.3. The van der Waals surface area contributed by atoms with Gasteiger partial charge in [0.2, 0.25) is 5.13 Å². The summed E-state index contributed by atoms with van der Waals surface area (Å²) in [5.74, 6) is 0.843. The minimum Gasteiger partial charge on any atom is -0.360 e. The summed E-state index contributed by atoms with van der Waals surface area (Å²) in [5.41, 5.74) is 1.18. The van der Waals surface area contributed by atoms with Crippen LogP contribution in [0.3, 0.4) is 0 Å². The minimum atomic E-state index is 0.843. The van der Waals surface area contributed by atoms with E-state index in [-0.39, 0.29) is 0 Å². The Labute approximate surface area is 119 Å². The predicted molar refractivity (Wildman–Crippen MR) is 81.9 cm³/mol. The van der Waals surface area contributed by atoms with Crippen molar-refractivity contribution in [1.82, 2.24) is 15.2 Å². The van der Waals surface area contributed by atoms with Crippen molar-refractivity contribution < 1.29 is 0 Å².